The van der Waals surface area contributed by atoms with Gasteiger partial charge in [0.1, 0.15) is 10.7 Å². The number of aromatic nitrogens is 2. The third kappa shape index (κ3) is 5.23. The van der Waals surface area contributed by atoms with Gasteiger partial charge < -0.3 is 10.1 Å². The Labute approximate surface area is 168 Å². The van der Waals surface area contributed by atoms with Crippen molar-refractivity contribution in [3.05, 3.63) is 45.2 Å². The Balaban J connectivity index is 2.10. The second kappa shape index (κ2) is 8.76. The molecule has 1 N–H and O–H groups in total. The van der Waals surface area contributed by atoms with Crippen molar-refractivity contribution in [1.29, 1.82) is 0 Å². The van der Waals surface area contributed by atoms with Crippen LogP contribution in [0.15, 0.2) is 18.2 Å². The van der Waals surface area contributed by atoms with Gasteiger partial charge >= 0.3 is 5.97 Å². The molecule has 0 radical (unpaired) electrons. The molecule has 0 spiro atoms. The van der Waals surface area contributed by atoms with Crippen LogP contribution in [0.1, 0.15) is 42.4 Å². The largest absolute Gasteiger partial charge is 0.449 e. The molecule has 6 nitrogen and oxygen atoms in total. The van der Waals surface area contributed by atoms with Crippen LogP contribution in [-0.4, -0.2) is 27.8 Å². The van der Waals surface area contributed by atoms with Crippen LogP contribution < -0.4 is 5.32 Å². The molecule has 0 saturated carbocycles. The monoisotopic (exact) mass is 411 g/mol. The number of anilines is 1. The molecule has 2 rings (SSSR count). The molecular formula is C19H23Cl2N3O3. The summed E-state index contributed by atoms with van der Waals surface area (Å²) in [6.07, 6.45) is -1.01. The molecule has 0 unspecified atom stereocenters. The summed E-state index contributed by atoms with van der Waals surface area (Å²) in [7, 11) is 0. The van der Waals surface area contributed by atoms with Gasteiger partial charge in [0.05, 0.1) is 5.69 Å². The van der Waals surface area contributed by atoms with E-state index in [1.54, 1.807) is 29.8 Å². The van der Waals surface area contributed by atoms with Crippen LogP contribution in [0.2, 0.25) is 10.2 Å². The SMILES string of the molecule is Cc1ccc(Cl)cc1NC(=O)[C@@H](C)OC(=O)c1c(C)nn(CC(C)C)c1Cl. The number of hydrogen-bond acceptors (Lipinski definition) is 4. The number of rotatable bonds is 6. The van der Waals surface area contributed by atoms with Crippen LogP contribution in [0.5, 0.6) is 0 Å². The highest BCUT2D eigenvalue weighted by molar-refractivity contribution is 6.32. The zero-order chi connectivity index (χ0) is 20.3. The van der Waals surface area contributed by atoms with Crippen molar-refractivity contribution in [1.82, 2.24) is 9.78 Å². The van der Waals surface area contributed by atoms with E-state index in [1.807, 2.05) is 20.8 Å². The molecule has 0 fully saturated rings. The minimum absolute atomic E-state index is 0.177. The zero-order valence-corrected chi connectivity index (χ0v) is 17.5. The molecule has 1 aromatic carbocycles. The topological polar surface area (TPSA) is 73.2 Å². The van der Waals surface area contributed by atoms with Gasteiger partial charge in [0, 0.05) is 17.3 Å². The fourth-order valence-corrected chi connectivity index (χ4v) is 2.98. The predicted octanol–water partition coefficient (Wildman–Crippen LogP) is 4.65. The lowest BCUT2D eigenvalue weighted by molar-refractivity contribution is -0.123. The third-order valence-corrected chi connectivity index (χ3v) is 4.54. The summed E-state index contributed by atoms with van der Waals surface area (Å²) in [6.45, 7) is 9.64. The Hall–Kier alpha value is -2.05. The van der Waals surface area contributed by atoms with E-state index in [0.29, 0.717) is 28.9 Å². The second-order valence-electron chi connectivity index (χ2n) is 6.82. The number of halogens is 2. The number of nitrogens with one attached hydrogen (secondary N) is 1. The molecular weight excluding hydrogens is 389 g/mol. The summed E-state index contributed by atoms with van der Waals surface area (Å²) in [5.74, 6) is -0.827. The minimum atomic E-state index is -1.01. The van der Waals surface area contributed by atoms with Gasteiger partial charge in [-0.25, -0.2) is 4.79 Å². The number of aryl methyl sites for hydroxylation is 2. The average Bonchev–Trinajstić information content (AvgIpc) is 2.83. The van der Waals surface area contributed by atoms with Crippen molar-refractivity contribution >= 4 is 40.8 Å². The molecule has 0 aliphatic rings. The minimum Gasteiger partial charge on any atom is -0.449 e. The molecule has 2 aromatic rings. The Kier molecular flexibility index (Phi) is 6.89. The first-order chi connectivity index (χ1) is 12.6. The van der Waals surface area contributed by atoms with E-state index in [0.717, 1.165) is 5.56 Å². The molecule has 0 aliphatic carbocycles. The number of carbonyl (C=O) groups excluding carboxylic acids is 2. The first-order valence-electron chi connectivity index (χ1n) is 8.61. The predicted molar refractivity (Wildman–Crippen MR) is 107 cm³/mol. The highest BCUT2D eigenvalue weighted by atomic mass is 35.5. The van der Waals surface area contributed by atoms with Crippen molar-refractivity contribution in [2.24, 2.45) is 5.92 Å². The standard InChI is InChI=1S/C19H23Cl2N3O3/c1-10(2)9-24-17(21)16(12(4)23-24)19(26)27-13(5)18(25)22-15-8-14(20)7-6-11(15)3/h6-8,10,13H,9H2,1-5H3,(H,22,25)/t13-/m1/s1. The van der Waals surface area contributed by atoms with Gasteiger partial charge in [-0.3, -0.25) is 9.48 Å². The van der Waals surface area contributed by atoms with E-state index in [2.05, 4.69) is 10.4 Å². The Morgan fingerprint density at radius 2 is 1.89 bits per heavy atom. The van der Waals surface area contributed by atoms with Gasteiger partial charge in [0.15, 0.2) is 6.10 Å². The molecule has 27 heavy (non-hydrogen) atoms. The summed E-state index contributed by atoms with van der Waals surface area (Å²) in [6, 6.07) is 5.16. The lowest BCUT2D eigenvalue weighted by Gasteiger charge is -2.15. The summed E-state index contributed by atoms with van der Waals surface area (Å²) in [4.78, 5) is 24.9. The number of ether oxygens (including phenoxy) is 1. The lowest BCUT2D eigenvalue weighted by atomic mass is 10.2. The van der Waals surface area contributed by atoms with E-state index < -0.39 is 18.0 Å². The third-order valence-electron chi connectivity index (χ3n) is 3.92. The quantitative estimate of drug-likeness (QED) is 0.702. The summed E-state index contributed by atoms with van der Waals surface area (Å²) >= 11 is 12.2. The lowest BCUT2D eigenvalue weighted by Crippen LogP contribution is -2.30. The molecule has 8 heteroatoms. The number of amides is 1. The van der Waals surface area contributed by atoms with Crippen LogP contribution in [0, 0.1) is 19.8 Å². The van der Waals surface area contributed by atoms with Crippen molar-refractivity contribution in [3.8, 4) is 0 Å². The molecule has 0 bridgehead atoms. The summed E-state index contributed by atoms with van der Waals surface area (Å²) in [5, 5.41) is 7.71. The van der Waals surface area contributed by atoms with Gasteiger partial charge in [-0.2, -0.15) is 5.10 Å². The first kappa shape index (κ1) is 21.3. The molecule has 1 aromatic heterocycles. The first-order valence-corrected chi connectivity index (χ1v) is 9.36. The second-order valence-corrected chi connectivity index (χ2v) is 7.62. The average molecular weight is 412 g/mol. The smallest absolute Gasteiger partial charge is 0.343 e. The van der Waals surface area contributed by atoms with Crippen LogP contribution in [0.25, 0.3) is 0 Å². The Bertz CT molecular complexity index is 862. The van der Waals surface area contributed by atoms with Gasteiger partial charge in [-0.15, -0.1) is 0 Å². The zero-order valence-electron chi connectivity index (χ0n) is 16.0. The van der Waals surface area contributed by atoms with Gasteiger partial charge in [-0.1, -0.05) is 43.1 Å². The Morgan fingerprint density at radius 3 is 2.52 bits per heavy atom. The molecule has 1 amide bonds. The van der Waals surface area contributed by atoms with E-state index in [4.69, 9.17) is 27.9 Å². The fraction of sp³-hybridized carbons (Fsp3) is 0.421. The van der Waals surface area contributed by atoms with Crippen LogP contribution in [0.3, 0.4) is 0 Å². The molecule has 0 saturated heterocycles. The van der Waals surface area contributed by atoms with E-state index in [-0.39, 0.29) is 10.7 Å². The molecule has 1 heterocycles. The number of esters is 1. The van der Waals surface area contributed by atoms with Crippen LogP contribution in [0.4, 0.5) is 5.69 Å². The van der Waals surface area contributed by atoms with Gasteiger partial charge in [0.25, 0.3) is 5.91 Å². The fourth-order valence-electron chi connectivity index (χ4n) is 2.49. The number of benzene rings is 1. The van der Waals surface area contributed by atoms with E-state index in [1.165, 1.54) is 6.92 Å². The van der Waals surface area contributed by atoms with E-state index in [9.17, 15) is 9.59 Å². The molecule has 146 valence electrons. The highest BCUT2D eigenvalue weighted by Gasteiger charge is 2.26. The van der Waals surface area contributed by atoms with Crippen LogP contribution in [-0.2, 0) is 16.1 Å². The molecule has 0 aliphatic heterocycles. The van der Waals surface area contributed by atoms with E-state index >= 15 is 0 Å². The maximum atomic E-state index is 12.5. The number of nitrogens with zero attached hydrogens (tertiary/aromatic N) is 2. The maximum Gasteiger partial charge on any atom is 0.343 e. The number of carbonyl (C=O) groups is 2. The van der Waals surface area contributed by atoms with Crippen molar-refractivity contribution in [2.45, 2.75) is 47.3 Å². The molecule has 1 atom stereocenters. The summed E-state index contributed by atoms with van der Waals surface area (Å²) in [5.41, 5.74) is 2.05. The Morgan fingerprint density at radius 1 is 1.22 bits per heavy atom. The van der Waals surface area contributed by atoms with Crippen molar-refractivity contribution in [2.75, 3.05) is 5.32 Å². The van der Waals surface area contributed by atoms with Crippen molar-refractivity contribution in [3.63, 3.8) is 0 Å². The van der Waals surface area contributed by atoms with Gasteiger partial charge in [0.2, 0.25) is 0 Å². The normalized spacial score (nSPS) is 12.1. The maximum absolute atomic E-state index is 12.5. The van der Waals surface area contributed by atoms with Crippen molar-refractivity contribution < 1.29 is 14.3 Å². The summed E-state index contributed by atoms with van der Waals surface area (Å²) < 4.78 is 6.87. The van der Waals surface area contributed by atoms with Crippen LogP contribution >= 0.6 is 23.2 Å². The number of hydrogen-bond donors (Lipinski definition) is 1. The highest BCUT2D eigenvalue weighted by Crippen LogP contribution is 2.23. The van der Waals surface area contributed by atoms with Gasteiger partial charge in [-0.05, 0) is 44.4 Å².